The maximum atomic E-state index is 12.8. The molecule has 1 unspecified atom stereocenters. The van der Waals surface area contributed by atoms with Crippen LogP contribution in [0.5, 0.6) is 0 Å². The Hall–Kier alpha value is -1.66. The van der Waals surface area contributed by atoms with Crippen molar-refractivity contribution in [1.29, 1.82) is 0 Å². The van der Waals surface area contributed by atoms with Crippen LogP contribution in [-0.4, -0.2) is 36.4 Å². The molecule has 1 N–H and O–H groups in total. The number of β-amino-alcohol motifs (C(OH)–C–C–N with tert-alkyl or cyclic N) is 1. The van der Waals surface area contributed by atoms with Gasteiger partial charge in [-0.1, -0.05) is 37.1 Å². The van der Waals surface area contributed by atoms with E-state index in [0.717, 1.165) is 22.7 Å². The monoisotopic (exact) mass is 337 g/mol. The Bertz CT molecular complexity index is 692. The highest BCUT2D eigenvalue weighted by molar-refractivity contribution is 7.89. The first-order valence-corrected chi connectivity index (χ1v) is 9.31. The zero-order valence-corrected chi connectivity index (χ0v) is 14.3. The molecule has 0 fully saturated rings. The number of amides is 1. The van der Waals surface area contributed by atoms with Crippen LogP contribution >= 0.6 is 0 Å². The van der Waals surface area contributed by atoms with E-state index >= 15 is 0 Å². The van der Waals surface area contributed by atoms with Gasteiger partial charge in [0.1, 0.15) is 0 Å². The lowest BCUT2D eigenvalue weighted by molar-refractivity contribution is -0.123. The molecule has 6 heteroatoms. The quantitative estimate of drug-likeness (QED) is 0.895. The van der Waals surface area contributed by atoms with Gasteiger partial charge in [-0.05, 0) is 38.3 Å². The molecule has 1 atom stereocenters. The zero-order chi connectivity index (χ0) is 17.0. The minimum atomic E-state index is -3.96. The van der Waals surface area contributed by atoms with Gasteiger partial charge >= 0.3 is 0 Å². The number of aryl methyl sites for hydroxylation is 1. The van der Waals surface area contributed by atoms with Crippen molar-refractivity contribution in [3.05, 3.63) is 41.5 Å². The number of aliphatic hydroxyl groups excluding tert-OH is 1. The van der Waals surface area contributed by atoms with Crippen LogP contribution in [0.2, 0.25) is 0 Å². The third-order valence-corrected chi connectivity index (χ3v) is 5.69. The molecule has 5 nitrogen and oxygen atoms in total. The highest BCUT2D eigenvalue weighted by Gasteiger charge is 2.34. The fraction of sp³-hybridized carbons (Fsp3) is 0.471. The number of rotatable bonds is 5. The Morgan fingerprint density at radius 1 is 1.26 bits per heavy atom. The van der Waals surface area contributed by atoms with Crippen LogP contribution < -0.4 is 0 Å². The van der Waals surface area contributed by atoms with Gasteiger partial charge in [-0.3, -0.25) is 4.79 Å². The number of hydrogen-bond donors (Lipinski definition) is 1. The molecular weight excluding hydrogens is 314 g/mol. The van der Waals surface area contributed by atoms with Crippen LogP contribution in [0.25, 0.3) is 0 Å². The molecule has 1 aromatic rings. The largest absolute Gasteiger partial charge is 0.391 e. The van der Waals surface area contributed by atoms with Crippen LogP contribution in [0.1, 0.15) is 38.2 Å². The predicted octanol–water partition coefficient (Wildman–Crippen LogP) is 2.39. The lowest BCUT2D eigenvalue weighted by atomic mass is 10.1. The number of hydrogen-bond acceptors (Lipinski definition) is 4. The summed E-state index contributed by atoms with van der Waals surface area (Å²) in [7, 11) is -3.96. The maximum Gasteiger partial charge on any atom is 0.266 e. The van der Waals surface area contributed by atoms with Crippen LogP contribution in [0.3, 0.4) is 0 Å². The molecule has 0 aliphatic carbocycles. The molecule has 0 bridgehead atoms. The molecule has 0 spiro atoms. The van der Waals surface area contributed by atoms with Gasteiger partial charge in [0.2, 0.25) is 0 Å². The van der Waals surface area contributed by atoms with Crippen molar-refractivity contribution in [2.24, 2.45) is 0 Å². The number of sulfonamides is 1. The van der Waals surface area contributed by atoms with Gasteiger partial charge < -0.3 is 5.11 Å². The minimum absolute atomic E-state index is 0.0698. The standard InChI is InChI=1S/C17H23NO4S/c1-3-4-5-14-8-9-15(19)12-18(17(14)20)23(21,22)16-10-6-13(2)7-11-16/h6-8,10-11,15,19H,3-5,9,12H2,1-2H3. The van der Waals surface area contributed by atoms with E-state index < -0.39 is 22.0 Å². The number of benzene rings is 1. The normalized spacial score (nSPS) is 19.4. The van der Waals surface area contributed by atoms with E-state index in [1.165, 1.54) is 12.1 Å². The zero-order valence-electron chi connectivity index (χ0n) is 13.5. The van der Waals surface area contributed by atoms with Crippen LogP contribution in [0, 0.1) is 6.92 Å². The van der Waals surface area contributed by atoms with E-state index in [1.54, 1.807) is 18.2 Å². The van der Waals surface area contributed by atoms with Crippen molar-refractivity contribution in [3.63, 3.8) is 0 Å². The average molecular weight is 337 g/mol. The van der Waals surface area contributed by atoms with Crippen molar-refractivity contribution in [2.45, 2.75) is 50.5 Å². The molecule has 1 amide bonds. The fourth-order valence-corrected chi connectivity index (χ4v) is 3.93. The third kappa shape index (κ3) is 4.00. The summed E-state index contributed by atoms with van der Waals surface area (Å²) in [4.78, 5) is 12.7. The molecule has 0 aromatic heterocycles. The van der Waals surface area contributed by atoms with Gasteiger partial charge in [0.15, 0.2) is 0 Å². The molecule has 2 rings (SSSR count). The molecular formula is C17H23NO4S. The highest BCUT2D eigenvalue weighted by Crippen LogP contribution is 2.24. The van der Waals surface area contributed by atoms with Crippen molar-refractivity contribution >= 4 is 15.9 Å². The molecule has 0 radical (unpaired) electrons. The Balaban J connectivity index is 2.36. The smallest absolute Gasteiger partial charge is 0.266 e. The number of aliphatic hydroxyl groups is 1. The molecule has 1 aliphatic heterocycles. The van der Waals surface area contributed by atoms with Crippen molar-refractivity contribution in [1.82, 2.24) is 4.31 Å². The average Bonchev–Trinajstić information content (AvgIpc) is 2.66. The number of unbranched alkanes of at least 4 members (excludes halogenated alkanes) is 1. The van der Waals surface area contributed by atoms with E-state index in [1.807, 2.05) is 13.8 Å². The van der Waals surface area contributed by atoms with Crippen LogP contribution in [0.4, 0.5) is 0 Å². The Morgan fingerprint density at radius 2 is 1.91 bits per heavy atom. The summed E-state index contributed by atoms with van der Waals surface area (Å²) < 4.78 is 26.4. The summed E-state index contributed by atoms with van der Waals surface area (Å²) in [5.41, 5.74) is 1.41. The molecule has 0 saturated heterocycles. The van der Waals surface area contributed by atoms with Gasteiger partial charge in [0, 0.05) is 5.57 Å². The predicted molar refractivity (Wildman–Crippen MR) is 88.3 cm³/mol. The van der Waals surface area contributed by atoms with E-state index in [9.17, 15) is 18.3 Å². The second-order valence-corrected chi connectivity index (χ2v) is 7.74. The van der Waals surface area contributed by atoms with E-state index in [0.29, 0.717) is 18.4 Å². The van der Waals surface area contributed by atoms with Gasteiger partial charge in [0.05, 0.1) is 17.5 Å². The third-order valence-electron chi connectivity index (χ3n) is 3.92. The van der Waals surface area contributed by atoms with Crippen molar-refractivity contribution in [2.75, 3.05) is 6.54 Å². The minimum Gasteiger partial charge on any atom is -0.391 e. The van der Waals surface area contributed by atoms with Crippen LogP contribution in [-0.2, 0) is 14.8 Å². The van der Waals surface area contributed by atoms with Gasteiger partial charge in [-0.2, -0.15) is 0 Å². The lowest BCUT2D eigenvalue weighted by Crippen LogP contribution is -2.41. The van der Waals surface area contributed by atoms with Gasteiger partial charge in [-0.15, -0.1) is 0 Å². The summed E-state index contributed by atoms with van der Waals surface area (Å²) in [5, 5.41) is 9.97. The second kappa shape index (κ2) is 7.27. The topological polar surface area (TPSA) is 74.7 Å². The highest BCUT2D eigenvalue weighted by atomic mass is 32.2. The Labute approximate surface area is 137 Å². The first-order valence-electron chi connectivity index (χ1n) is 7.87. The summed E-state index contributed by atoms with van der Waals surface area (Å²) in [6.07, 6.45) is 3.35. The number of carbonyl (C=O) groups is 1. The number of nitrogens with zero attached hydrogens (tertiary/aromatic N) is 1. The molecule has 1 aromatic carbocycles. The molecule has 0 saturated carbocycles. The SMILES string of the molecule is CCCCC1=CCC(O)CN(S(=O)(=O)c2ccc(C)cc2)C1=O. The maximum absolute atomic E-state index is 12.8. The Morgan fingerprint density at radius 3 is 2.52 bits per heavy atom. The first-order chi connectivity index (χ1) is 10.9. The number of carbonyl (C=O) groups excluding carboxylic acids is 1. The molecule has 1 heterocycles. The Kier molecular flexibility index (Phi) is 5.59. The summed E-state index contributed by atoms with van der Waals surface area (Å²) in [5.74, 6) is -0.518. The van der Waals surface area contributed by atoms with Crippen molar-refractivity contribution < 1.29 is 18.3 Å². The molecule has 1 aliphatic rings. The van der Waals surface area contributed by atoms with E-state index in [4.69, 9.17) is 0 Å². The molecule has 23 heavy (non-hydrogen) atoms. The summed E-state index contributed by atoms with van der Waals surface area (Å²) >= 11 is 0. The summed E-state index contributed by atoms with van der Waals surface area (Å²) in [6.45, 7) is 3.67. The van der Waals surface area contributed by atoms with Gasteiger partial charge in [-0.25, -0.2) is 12.7 Å². The van der Waals surface area contributed by atoms with E-state index in [-0.39, 0.29) is 11.4 Å². The van der Waals surface area contributed by atoms with Crippen LogP contribution in [0.15, 0.2) is 40.8 Å². The molecule has 126 valence electrons. The van der Waals surface area contributed by atoms with Gasteiger partial charge in [0.25, 0.3) is 15.9 Å². The first kappa shape index (κ1) is 17.7. The van der Waals surface area contributed by atoms with Crippen molar-refractivity contribution in [3.8, 4) is 0 Å². The lowest BCUT2D eigenvalue weighted by Gasteiger charge is -2.23. The van der Waals surface area contributed by atoms with E-state index in [2.05, 4.69) is 0 Å². The fourth-order valence-electron chi connectivity index (χ4n) is 2.50. The second-order valence-electron chi connectivity index (χ2n) is 5.88. The summed E-state index contributed by atoms with van der Waals surface area (Å²) in [6, 6.07) is 6.37.